The van der Waals surface area contributed by atoms with Crippen LogP contribution >= 0.6 is 0 Å². The van der Waals surface area contributed by atoms with Gasteiger partial charge in [-0.3, -0.25) is 14.5 Å². The molecular weight excluding hydrogens is 438 g/mol. The van der Waals surface area contributed by atoms with Gasteiger partial charge in [-0.1, -0.05) is 58.1 Å². The lowest BCUT2D eigenvalue weighted by molar-refractivity contribution is -0.133. The maximum atomic E-state index is 13.7. The van der Waals surface area contributed by atoms with Gasteiger partial charge in [-0.15, -0.1) is 0 Å². The molecule has 1 atom stereocenters. The second-order valence-electron chi connectivity index (χ2n) is 9.62. The fourth-order valence-electron chi connectivity index (χ4n) is 4.97. The summed E-state index contributed by atoms with van der Waals surface area (Å²) >= 11 is 0. The van der Waals surface area contributed by atoms with E-state index in [0.717, 1.165) is 37.7 Å². The monoisotopic (exact) mass is 477 g/mol. The number of rotatable bonds is 7. The molecule has 1 heterocycles. The standard InChI is InChI=1S/C25H39N3O4S/c1-4-17-33(31,32)27-18-23(29)28(22-15-13-20(5-2)14-16-22)25(3,19-27)24(30)26-21-11-9-7-6-8-10-12-21/h13-16,21H,4-12,17-19H2,1-3H3,(H,26,30)/t25-/m1/s1. The molecule has 3 rings (SSSR count). The summed E-state index contributed by atoms with van der Waals surface area (Å²) in [6.07, 6.45) is 8.87. The maximum absolute atomic E-state index is 13.7. The van der Waals surface area contributed by atoms with Gasteiger partial charge in [0.25, 0.3) is 0 Å². The Morgan fingerprint density at radius 3 is 2.24 bits per heavy atom. The number of hydrogen-bond donors (Lipinski definition) is 1. The van der Waals surface area contributed by atoms with E-state index in [1.807, 2.05) is 24.3 Å². The highest BCUT2D eigenvalue weighted by Crippen LogP contribution is 2.32. The molecule has 1 aromatic carbocycles. The molecule has 1 saturated carbocycles. The van der Waals surface area contributed by atoms with Crippen LogP contribution in [0.1, 0.15) is 77.7 Å². The molecule has 2 fully saturated rings. The Kier molecular flexibility index (Phi) is 8.56. The molecule has 0 radical (unpaired) electrons. The fraction of sp³-hybridized carbons (Fsp3) is 0.680. The molecule has 0 spiro atoms. The molecule has 1 aliphatic carbocycles. The average Bonchev–Trinajstić information content (AvgIpc) is 2.75. The van der Waals surface area contributed by atoms with E-state index in [9.17, 15) is 18.0 Å². The Balaban J connectivity index is 1.94. The Bertz CT molecular complexity index is 923. The largest absolute Gasteiger partial charge is 0.351 e. The minimum atomic E-state index is -3.63. The molecule has 1 aliphatic heterocycles. The molecule has 0 aromatic heterocycles. The zero-order chi connectivity index (χ0) is 24.1. The quantitative estimate of drug-likeness (QED) is 0.650. The summed E-state index contributed by atoms with van der Waals surface area (Å²) in [5, 5.41) is 3.19. The van der Waals surface area contributed by atoms with Crippen molar-refractivity contribution >= 4 is 27.5 Å². The van der Waals surface area contributed by atoms with Crippen molar-refractivity contribution in [1.82, 2.24) is 9.62 Å². The SMILES string of the molecule is CCCS(=O)(=O)N1CC(=O)N(c2ccc(CC)cc2)[C@@](C)(C(=O)NC2CCCCCCC2)C1. The topological polar surface area (TPSA) is 86.8 Å². The number of sulfonamides is 1. The van der Waals surface area contributed by atoms with E-state index < -0.39 is 15.6 Å². The molecule has 7 nitrogen and oxygen atoms in total. The zero-order valence-electron chi connectivity index (χ0n) is 20.3. The van der Waals surface area contributed by atoms with Gasteiger partial charge >= 0.3 is 0 Å². The van der Waals surface area contributed by atoms with E-state index in [0.29, 0.717) is 12.1 Å². The molecule has 184 valence electrons. The highest BCUT2D eigenvalue weighted by atomic mass is 32.2. The van der Waals surface area contributed by atoms with Crippen LogP contribution in [0.2, 0.25) is 0 Å². The number of hydrogen-bond acceptors (Lipinski definition) is 4. The van der Waals surface area contributed by atoms with Gasteiger partial charge in [-0.25, -0.2) is 8.42 Å². The molecular formula is C25H39N3O4S. The number of aryl methyl sites for hydroxylation is 1. The molecule has 1 aromatic rings. The summed E-state index contributed by atoms with van der Waals surface area (Å²) in [5.74, 6) is -0.691. The first-order valence-electron chi connectivity index (χ1n) is 12.4. The number of amides is 2. The number of carbonyl (C=O) groups is 2. The third kappa shape index (κ3) is 5.96. The van der Waals surface area contributed by atoms with E-state index in [1.54, 1.807) is 13.8 Å². The number of nitrogens with one attached hydrogen (secondary N) is 1. The zero-order valence-corrected chi connectivity index (χ0v) is 21.1. The maximum Gasteiger partial charge on any atom is 0.247 e. The lowest BCUT2D eigenvalue weighted by atomic mass is 9.92. The van der Waals surface area contributed by atoms with Crippen LogP contribution in [0.4, 0.5) is 5.69 Å². The van der Waals surface area contributed by atoms with Crippen molar-refractivity contribution in [2.45, 2.75) is 90.1 Å². The number of piperazine rings is 1. The molecule has 1 saturated heterocycles. The van der Waals surface area contributed by atoms with Crippen molar-refractivity contribution in [2.75, 3.05) is 23.7 Å². The summed E-state index contributed by atoms with van der Waals surface area (Å²) in [6, 6.07) is 7.67. The second kappa shape index (κ2) is 11.0. The minimum Gasteiger partial charge on any atom is -0.351 e. The highest BCUT2D eigenvalue weighted by molar-refractivity contribution is 7.89. The number of nitrogens with zero attached hydrogens (tertiary/aromatic N) is 2. The van der Waals surface area contributed by atoms with Gasteiger partial charge in [0.15, 0.2) is 0 Å². The van der Waals surface area contributed by atoms with Crippen LogP contribution < -0.4 is 10.2 Å². The van der Waals surface area contributed by atoms with Crippen molar-refractivity contribution in [3.63, 3.8) is 0 Å². The summed E-state index contributed by atoms with van der Waals surface area (Å²) < 4.78 is 26.9. The van der Waals surface area contributed by atoms with Gasteiger partial charge in [-0.2, -0.15) is 4.31 Å². The normalized spacial score (nSPS) is 23.7. The number of anilines is 1. The Labute approximate surface area is 199 Å². The van der Waals surface area contributed by atoms with Crippen LogP contribution in [0.15, 0.2) is 24.3 Å². The first-order chi connectivity index (χ1) is 15.7. The molecule has 2 aliphatic rings. The lowest BCUT2D eigenvalue weighted by Crippen LogP contribution is -2.71. The van der Waals surface area contributed by atoms with Crippen LogP contribution in [-0.4, -0.2) is 55.0 Å². The van der Waals surface area contributed by atoms with Gasteiger partial charge < -0.3 is 5.32 Å². The van der Waals surface area contributed by atoms with Gasteiger partial charge in [0.1, 0.15) is 5.54 Å². The van der Waals surface area contributed by atoms with Crippen molar-refractivity contribution in [2.24, 2.45) is 0 Å². The van der Waals surface area contributed by atoms with Crippen LogP contribution in [0.3, 0.4) is 0 Å². The summed E-state index contributed by atoms with van der Waals surface area (Å²) in [7, 11) is -3.63. The van der Waals surface area contributed by atoms with E-state index in [-0.39, 0.29) is 36.7 Å². The Morgan fingerprint density at radius 1 is 1.06 bits per heavy atom. The van der Waals surface area contributed by atoms with E-state index >= 15 is 0 Å². The highest BCUT2D eigenvalue weighted by Gasteiger charge is 2.51. The number of carbonyl (C=O) groups excluding carboxylic acids is 2. The predicted molar refractivity (Wildman–Crippen MR) is 132 cm³/mol. The Hall–Kier alpha value is -1.93. The van der Waals surface area contributed by atoms with Crippen molar-refractivity contribution in [3.05, 3.63) is 29.8 Å². The van der Waals surface area contributed by atoms with E-state index in [2.05, 4.69) is 12.2 Å². The fourth-order valence-corrected chi connectivity index (χ4v) is 6.50. The third-order valence-electron chi connectivity index (χ3n) is 6.93. The summed E-state index contributed by atoms with van der Waals surface area (Å²) in [5.41, 5.74) is 0.433. The molecule has 2 amide bonds. The van der Waals surface area contributed by atoms with Crippen LogP contribution in [-0.2, 0) is 26.0 Å². The van der Waals surface area contributed by atoms with Crippen molar-refractivity contribution in [1.29, 1.82) is 0 Å². The molecule has 8 heteroatoms. The van der Waals surface area contributed by atoms with Gasteiger partial charge in [0, 0.05) is 18.3 Å². The molecule has 1 N–H and O–H groups in total. The van der Waals surface area contributed by atoms with E-state index in [4.69, 9.17) is 0 Å². The summed E-state index contributed by atoms with van der Waals surface area (Å²) in [4.78, 5) is 28.6. The minimum absolute atomic E-state index is 0.0359. The molecule has 0 bridgehead atoms. The van der Waals surface area contributed by atoms with Gasteiger partial charge in [0.05, 0.1) is 12.3 Å². The second-order valence-corrected chi connectivity index (χ2v) is 11.7. The van der Waals surface area contributed by atoms with Crippen molar-refractivity contribution < 1.29 is 18.0 Å². The van der Waals surface area contributed by atoms with Crippen molar-refractivity contribution in [3.8, 4) is 0 Å². The first-order valence-corrected chi connectivity index (χ1v) is 14.0. The molecule has 33 heavy (non-hydrogen) atoms. The third-order valence-corrected chi connectivity index (χ3v) is 8.90. The first kappa shape index (κ1) is 25.7. The number of benzene rings is 1. The predicted octanol–water partition coefficient (Wildman–Crippen LogP) is 3.63. The summed E-state index contributed by atoms with van der Waals surface area (Å²) in [6.45, 7) is 5.26. The van der Waals surface area contributed by atoms with Crippen LogP contribution in [0.25, 0.3) is 0 Å². The van der Waals surface area contributed by atoms with Gasteiger partial charge in [-0.05, 0) is 50.3 Å². The lowest BCUT2D eigenvalue weighted by Gasteiger charge is -2.47. The van der Waals surface area contributed by atoms with E-state index in [1.165, 1.54) is 28.5 Å². The van der Waals surface area contributed by atoms with Crippen LogP contribution in [0.5, 0.6) is 0 Å². The molecule has 0 unspecified atom stereocenters. The van der Waals surface area contributed by atoms with Gasteiger partial charge in [0.2, 0.25) is 21.8 Å². The van der Waals surface area contributed by atoms with Crippen LogP contribution in [0, 0.1) is 0 Å². The smallest absolute Gasteiger partial charge is 0.247 e. The average molecular weight is 478 g/mol. The Morgan fingerprint density at radius 2 is 1.67 bits per heavy atom.